The number of sulfone groups is 1. The lowest BCUT2D eigenvalue weighted by Crippen LogP contribution is -2.08. The molecule has 19 heavy (non-hydrogen) atoms. The molecule has 0 aromatic heterocycles. The van der Waals surface area contributed by atoms with Gasteiger partial charge in [-0.25, -0.2) is 8.42 Å². The van der Waals surface area contributed by atoms with E-state index in [1.807, 2.05) is 0 Å². The Kier molecular flexibility index (Phi) is 3.76. The molecule has 2 rings (SSSR count). The summed E-state index contributed by atoms with van der Waals surface area (Å²) < 4.78 is 24.2. The first-order valence-electron chi connectivity index (χ1n) is 5.84. The molecule has 0 saturated heterocycles. The minimum atomic E-state index is -3.21. The van der Waals surface area contributed by atoms with Gasteiger partial charge in [-0.05, 0) is 35.4 Å². The summed E-state index contributed by atoms with van der Waals surface area (Å²) in [5, 5.41) is 0. The first-order chi connectivity index (χ1) is 8.94. The summed E-state index contributed by atoms with van der Waals surface area (Å²) in [6.07, 6.45) is 0. The summed E-state index contributed by atoms with van der Waals surface area (Å²) in [5.74, 6) is -0.00943. The highest BCUT2D eigenvalue weighted by Crippen LogP contribution is 2.15. The standard InChI is InChI=1S/C14H16N2O2S/c15-13-6-4-11(5-7-13)9-19(17,18)10-12-2-1-3-14(16)8-12/h1-8H,9-10,15-16H2. The average Bonchev–Trinajstić information content (AvgIpc) is 2.31. The van der Waals surface area contributed by atoms with Crippen LogP contribution in [-0.4, -0.2) is 8.42 Å². The second kappa shape index (κ2) is 5.32. The Bertz CT molecular complexity index is 664. The number of benzene rings is 2. The molecule has 0 atom stereocenters. The SMILES string of the molecule is Nc1ccc(CS(=O)(=O)Cc2cccc(N)c2)cc1. The summed E-state index contributed by atoms with van der Waals surface area (Å²) >= 11 is 0. The molecule has 2 aromatic carbocycles. The van der Waals surface area contributed by atoms with Crippen molar-refractivity contribution < 1.29 is 8.42 Å². The third kappa shape index (κ3) is 3.99. The van der Waals surface area contributed by atoms with E-state index >= 15 is 0 Å². The molecule has 4 nitrogen and oxygen atoms in total. The number of nitrogen functional groups attached to an aromatic ring is 2. The van der Waals surface area contributed by atoms with Crippen LogP contribution in [0, 0.1) is 0 Å². The maximum absolute atomic E-state index is 12.1. The summed E-state index contributed by atoms with van der Waals surface area (Å²) in [7, 11) is -3.21. The Labute approximate surface area is 113 Å². The third-order valence-electron chi connectivity index (χ3n) is 2.70. The summed E-state index contributed by atoms with van der Waals surface area (Å²) in [4.78, 5) is 0. The van der Waals surface area contributed by atoms with E-state index < -0.39 is 9.84 Å². The van der Waals surface area contributed by atoms with E-state index in [2.05, 4.69) is 0 Å². The van der Waals surface area contributed by atoms with Crippen molar-refractivity contribution in [3.8, 4) is 0 Å². The molecule has 0 aliphatic carbocycles. The topological polar surface area (TPSA) is 86.2 Å². The zero-order valence-corrected chi connectivity index (χ0v) is 11.2. The van der Waals surface area contributed by atoms with Crippen LogP contribution in [0.5, 0.6) is 0 Å². The number of nitrogens with two attached hydrogens (primary N) is 2. The Balaban J connectivity index is 2.13. The molecule has 4 N–H and O–H groups in total. The van der Waals surface area contributed by atoms with Gasteiger partial charge in [-0.2, -0.15) is 0 Å². The van der Waals surface area contributed by atoms with Crippen molar-refractivity contribution in [2.45, 2.75) is 11.5 Å². The molecule has 0 aliphatic rings. The van der Waals surface area contributed by atoms with Crippen LogP contribution in [0.3, 0.4) is 0 Å². The van der Waals surface area contributed by atoms with E-state index in [9.17, 15) is 8.42 Å². The number of anilines is 2. The lowest BCUT2D eigenvalue weighted by atomic mass is 10.2. The Hall–Kier alpha value is -2.01. The van der Waals surface area contributed by atoms with E-state index in [1.165, 1.54) is 0 Å². The molecule has 0 aliphatic heterocycles. The highest BCUT2D eigenvalue weighted by atomic mass is 32.2. The Morgan fingerprint density at radius 1 is 0.789 bits per heavy atom. The van der Waals surface area contributed by atoms with Crippen molar-refractivity contribution in [3.63, 3.8) is 0 Å². The molecule has 0 spiro atoms. The maximum Gasteiger partial charge on any atom is 0.158 e. The third-order valence-corrected chi connectivity index (χ3v) is 4.25. The molecule has 0 amide bonds. The van der Waals surface area contributed by atoms with Crippen LogP contribution in [0.2, 0.25) is 0 Å². The fraction of sp³-hybridized carbons (Fsp3) is 0.143. The first kappa shape index (κ1) is 13.4. The predicted molar refractivity (Wildman–Crippen MR) is 78.0 cm³/mol. The van der Waals surface area contributed by atoms with E-state index in [1.54, 1.807) is 48.5 Å². The number of rotatable bonds is 4. The van der Waals surface area contributed by atoms with Gasteiger partial charge >= 0.3 is 0 Å². The van der Waals surface area contributed by atoms with Crippen molar-refractivity contribution in [2.75, 3.05) is 11.5 Å². The van der Waals surface area contributed by atoms with Gasteiger partial charge in [0.2, 0.25) is 0 Å². The normalized spacial score (nSPS) is 11.4. The minimum absolute atomic E-state index is 0.00206. The van der Waals surface area contributed by atoms with Gasteiger partial charge in [0, 0.05) is 11.4 Å². The Morgan fingerprint density at radius 2 is 1.42 bits per heavy atom. The van der Waals surface area contributed by atoms with E-state index in [-0.39, 0.29) is 11.5 Å². The molecule has 0 bridgehead atoms. The van der Waals surface area contributed by atoms with Crippen molar-refractivity contribution in [1.29, 1.82) is 0 Å². The lowest BCUT2D eigenvalue weighted by molar-refractivity contribution is 0.594. The first-order valence-corrected chi connectivity index (χ1v) is 7.66. The van der Waals surface area contributed by atoms with Crippen molar-refractivity contribution in [2.24, 2.45) is 0 Å². The number of hydrogen-bond acceptors (Lipinski definition) is 4. The molecular formula is C14H16N2O2S. The molecule has 0 saturated carbocycles. The second-order valence-corrected chi connectivity index (χ2v) is 6.58. The van der Waals surface area contributed by atoms with Crippen molar-refractivity contribution in [3.05, 3.63) is 59.7 Å². The Morgan fingerprint density at radius 3 is 2.05 bits per heavy atom. The van der Waals surface area contributed by atoms with Crippen molar-refractivity contribution in [1.82, 2.24) is 0 Å². The second-order valence-electron chi connectivity index (χ2n) is 4.52. The van der Waals surface area contributed by atoms with E-state index in [0.717, 1.165) is 5.56 Å². The highest BCUT2D eigenvalue weighted by molar-refractivity contribution is 7.89. The van der Waals surface area contributed by atoms with Crippen molar-refractivity contribution >= 4 is 21.2 Å². The highest BCUT2D eigenvalue weighted by Gasteiger charge is 2.13. The van der Waals surface area contributed by atoms with Crippen LogP contribution in [0.15, 0.2) is 48.5 Å². The van der Waals surface area contributed by atoms with Crippen LogP contribution in [0.4, 0.5) is 11.4 Å². The van der Waals surface area contributed by atoms with Gasteiger partial charge < -0.3 is 11.5 Å². The molecule has 0 unspecified atom stereocenters. The zero-order chi connectivity index (χ0) is 13.9. The van der Waals surface area contributed by atoms with Crippen LogP contribution in [0.1, 0.15) is 11.1 Å². The predicted octanol–water partition coefficient (Wildman–Crippen LogP) is 1.97. The minimum Gasteiger partial charge on any atom is -0.399 e. The quantitative estimate of drug-likeness (QED) is 0.836. The molecule has 0 radical (unpaired) electrons. The molecular weight excluding hydrogens is 260 g/mol. The largest absolute Gasteiger partial charge is 0.399 e. The zero-order valence-electron chi connectivity index (χ0n) is 10.4. The number of hydrogen-bond donors (Lipinski definition) is 2. The van der Waals surface area contributed by atoms with Gasteiger partial charge in [-0.15, -0.1) is 0 Å². The van der Waals surface area contributed by atoms with Gasteiger partial charge in [-0.3, -0.25) is 0 Å². The maximum atomic E-state index is 12.1. The van der Waals surface area contributed by atoms with E-state index in [0.29, 0.717) is 16.9 Å². The van der Waals surface area contributed by atoms with Crippen LogP contribution in [-0.2, 0) is 21.3 Å². The van der Waals surface area contributed by atoms with Gasteiger partial charge in [0.05, 0.1) is 11.5 Å². The van der Waals surface area contributed by atoms with Gasteiger partial charge in [0.1, 0.15) is 0 Å². The molecule has 2 aromatic rings. The van der Waals surface area contributed by atoms with Gasteiger partial charge in [0.15, 0.2) is 9.84 Å². The molecule has 0 heterocycles. The van der Waals surface area contributed by atoms with Crippen LogP contribution in [0.25, 0.3) is 0 Å². The van der Waals surface area contributed by atoms with Crippen LogP contribution < -0.4 is 11.5 Å². The molecule has 100 valence electrons. The summed E-state index contributed by atoms with van der Waals surface area (Å²) in [5.41, 5.74) is 13.8. The van der Waals surface area contributed by atoms with E-state index in [4.69, 9.17) is 11.5 Å². The van der Waals surface area contributed by atoms with Gasteiger partial charge in [0.25, 0.3) is 0 Å². The van der Waals surface area contributed by atoms with Crippen LogP contribution >= 0.6 is 0 Å². The molecule has 5 heteroatoms. The van der Waals surface area contributed by atoms with Gasteiger partial charge in [-0.1, -0.05) is 24.3 Å². The average molecular weight is 276 g/mol. The summed E-state index contributed by atoms with van der Waals surface area (Å²) in [6.45, 7) is 0. The smallest absolute Gasteiger partial charge is 0.158 e. The monoisotopic (exact) mass is 276 g/mol. The lowest BCUT2D eigenvalue weighted by Gasteiger charge is -2.06. The summed E-state index contributed by atoms with van der Waals surface area (Å²) in [6, 6.07) is 13.8. The fourth-order valence-corrected chi connectivity index (χ4v) is 3.35. The fourth-order valence-electron chi connectivity index (χ4n) is 1.86. The molecule has 0 fully saturated rings.